The summed E-state index contributed by atoms with van der Waals surface area (Å²) in [5, 5.41) is 5.35. The molecule has 0 saturated carbocycles. The summed E-state index contributed by atoms with van der Waals surface area (Å²) < 4.78 is 50.4. The largest absolute Gasteiger partial charge is 0.416 e. The molecule has 2 aromatic rings. The Kier molecular flexibility index (Phi) is 11.0. The van der Waals surface area contributed by atoms with Crippen LogP contribution in [0, 0.1) is 0 Å². The van der Waals surface area contributed by atoms with Gasteiger partial charge in [-0.1, -0.05) is 12.1 Å². The number of ether oxygens (including phenoxy) is 2. The SMILES string of the molecule is C=CCOC1CN(C2CCN(c3ccc(C(=O)N4CCOCC4)cc3)CC2)CC1NC(=O)CNC(=O)c1cccc(C(F)(F)F)c1. The number of rotatable bonds is 10. The molecule has 0 radical (unpaired) electrons. The van der Waals surface area contributed by atoms with E-state index in [1.807, 2.05) is 29.2 Å². The van der Waals surface area contributed by atoms with Crippen LogP contribution in [0.2, 0.25) is 0 Å². The number of alkyl halides is 3. The maximum absolute atomic E-state index is 13.0. The summed E-state index contributed by atoms with van der Waals surface area (Å²) in [7, 11) is 0. The molecule has 3 heterocycles. The molecule has 13 heteroatoms. The molecule has 10 nitrogen and oxygen atoms in total. The summed E-state index contributed by atoms with van der Waals surface area (Å²) >= 11 is 0. The van der Waals surface area contributed by atoms with Gasteiger partial charge in [0.2, 0.25) is 5.91 Å². The Bertz CT molecular complexity index is 1370. The molecule has 0 aromatic heterocycles. The Morgan fingerprint density at radius 3 is 2.37 bits per heavy atom. The fraction of sp³-hybridized carbons (Fsp3) is 0.485. The number of benzene rings is 2. The lowest BCUT2D eigenvalue weighted by atomic mass is 10.0. The Morgan fingerprint density at radius 2 is 1.70 bits per heavy atom. The normalized spacial score (nSPS) is 21.2. The minimum atomic E-state index is -4.57. The van der Waals surface area contributed by atoms with Crippen LogP contribution in [0.1, 0.15) is 39.1 Å². The maximum Gasteiger partial charge on any atom is 0.416 e. The lowest BCUT2D eigenvalue weighted by Crippen LogP contribution is -2.48. The summed E-state index contributed by atoms with van der Waals surface area (Å²) in [4.78, 5) is 44.5. The number of piperidine rings is 1. The molecule has 2 N–H and O–H groups in total. The van der Waals surface area contributed by atoms with Crippen LogP contribution in [0.5, 0.6) is 0 Å². The third kappa shape index (κ3) is 8.45. The highest BCUT2D eigenvalue weighted by Gasteiger charge is 2.38. The fourth-order valence-electron chi connectivity index (χ4n) is 6.21. The zero-order valence-electron chi connectivity index (χ0n) is 25.6. The first-order valence-corrected chi connectivity index (χ1v) is 15.6. The van der Waals surface area contributed by atoms with E-state index in [1.54, 1.807) is 6.08 Å². The molecule has 0 aliphatic carbocycles. The highest BCUT2D eigenvalue weighted by molar-refractivity contribution is 5.96. The van der Waals surface area contributed by atoms with Crippen molar-refractivity contribution in [1.82, 2.24) is 20.4 Å². The van der Waals surface area contributed by atoms with E-state index in [4.69, 9.17) is 9.47 Å². The summed E-state index contributed by atoms with van der Waals surface area (Å²) in [5.41, 5.74) is 0.637. The van der Waals surface area contributed by atoms with Crippen molar-refractivity contribution in [3.8, 4) is 0 Å². The van der Waals surface area contributed by atoms with Gasteiger partial charge in [0.1, 0.15) is 0 Å². The van der Waals surface area contributed by atoms with Gasteiger partial charge < -0.3 is 29.9 Å². The van der Waals surface area contributed by atoms with Gasteiger partial charge in [-0.2, -0.15) is 13.2 Å². The topological polar surface area (TPSA) is 103 Å². The third-order valence-corrected chi connectivity index (χ3v) is 8.69. The first-order chi connectivity index (χ1) is 22.1. The third-order valence-electron chi connectivity index (χ3n) is 8.69. The molecule has 5 rings (SSSR count). The van der Waals surface area contributed by atoms with Gasteiger partial charge in [-0.3, -0.25) is 19.3 Å². The van der Waals surface area contributed by atoms with E-state index < -0.39 is 23.6 Å². The zero-order chi connectivity index (χ0) is 32.7. The zero-order valence-corrected chi connectivity index (χ0v) is 25.6. The second kappa shape index (κ2) is 15.1. The summed E-state index contributed by atoms with van der Waals surface area (Å²) in [6, 6.07) is 11.8. The number of carbonyl (C=O) groups is 3. The van der Waals surface area contributed by atoms with Gasteiger partial charge >= 0.3 is 6.18 Å². The molecular weight excluding hydrogens is 603 g/mol. The van der Waals surface area contributed by atoms with Crippen molar-refractivity contribution < 1.29 is 37.0 Å². The number of carbonyl (C=O) groups excluding carboxylic acids is 3. The van der Waals surface area contributed by atoms with Crippen LogP contribution in [-0.4, -0.2) is 111 Å². The lowest BCUT2D eigenvalue weighted by molar-refractivity contribution is -0.137. The van der Waals surface area contributed by atoms with Crippen molar-refractivity contribution in [1.29, 1.82) is 0 Å². The number of anilines is 1. The average Bonchev–Trinajstić information content (AvgIpc) is 3.48. The van der Waals surface area contributed by atoms with Crippen molar-refractivity contribution >= 4 is 23.4 Å². The van der Waals surface area contributed by atoms with Crippen molar-refractivity contribution in [2.75, 3.05) is 70.5 Å². The van der Waals surface area contributed by atoms with Crippen molar-refractivity contribution in [2.24, 2.45) is 0 Å². The van der Waals surface area contributed by atoms with E-state index in [0.717, 1.165) is 49.8 Å². The Labute approximate surface area is 266 Å². The number of halogens is 3. The van der Waals surface area contributed by atoms with Gasteiger partial charge in [-0.15, -0.1) is 6.58 Å². The fourth-order valence-corrected chi connectivity index (χ4v) is 6.21. The molecular formula is C33H40F3N5O5. The second-order valence-electron chi connectivity index (χ2n) is 11.7. The molecule has 248 valence electrons. The standard InChI is InChI=1S/C33H40F3N5O5/c1-2-16-46-29-22-41(21-28(29)38-30(42)20-37-31(43)24-4-3-5-25(19-24)33(34,35)36)27-10-12-39(13-11-27)26-8-6-23(7-9-26)32(44)40-14-17-45-18-15-40/h2-9,19,27-29H,1,10-18,20-22H2,(H,37,43)(H,38,42). The van der Waals surface area contributed by atoms with Crippen molar-refractivity contribution in [3.05, 3.63) is 77.9 Å². The van der Waals surface area contributed by atoms with E-state index >= 15 is 0 Å². The highest BCUT2D eigenvalue weighted by atomic mass is 19.4. The molecule has 0 spiro atoms. The van der Waals surface area contributed by atoms with Crippen LogP contribution in [0.25, 0.3) is 0 Å². The quantitative estimate of drug-likeness (QED) is 0.384. The minimum Gasteiger partial charge on any atom is -0.378 e. The van der Waals surface area contributed by atoms with Gasteiger partial charge in [-0.25, -0.2) is 0 Å². The number of nitrogens with zero attached hydrogens (tertiary/aromatic N) is 3. The minimum absolute atomic E-state index is 0.0237. The number of amides is 3. The summed E-state index contributed by atoms with van der Waals surface area (Å²) in [5.74, 6) is -1.20. The van der Waals surface area contributed by atoms with E-state index in [0.29, 0.717) is 51.6 Å². The van der Waals surface area contributed by atoms with Crippen molar-refractivity contribution in [3.63, 3.8) is 0 Å². The van der Waals surface area contributed by atoms with E-state index in [9.17, 15) is 27.6 Å². The molecule has 3 amide bonds. The summed E-state index contributed by atoms with van der Waals surface area (Å²) in [6.07, 6.45) is -1.38. The van der Waals surface area contributed by atoms with E-state index in [-0.39, 0.29) is 36.2 Å². The monoisotopic (exact) mass is 643 g/mol. The van der Waals surface area contributed by atoms with Crippen LogP contribution >= 0.6 is 0 Å². The molecule has 0 bridgehead atoms. The number of nitrogens with one attached hydrogen (secondary N) is 2. The van der Waals surface area contributed by atoms with Gasteiger partial charge in [-0.05, 0) is 55.3 Å². The van der Waals surface area contributed by atoms with Gasteiger partial charge in [0.05, 0.1) is 44.1 Å². The molecule has 2 unspecified atom stereocenters. The molecule has 3 aliphatic rings. The molecule has 46 heavy (non-hydrogen) atoms. The molecule has 3 fully saturated rings. The van der Waals surface area contributed by atoms with Crippen molar-refractivity contribution in [2.45, 2.75) is 37.2 Å². The van der Waals surface area contributed by atoms with Crippen LogP contribution in [0.3, 0.4) is 0 Å². The van der Waals surface area contributed by atoms with Gasteiger partial charge in [0.15, 0.2) is 0 Å². The Hall–Kier alpha value is -3.94. The predicted octanol–water partition coefficient (Wildman–Crippen LogP) is 2.95. The van der Waals surface area contributed by atoms with E-state index in [1.165, 1.54) is 6.07 Å². The van der Waals surface area contributed by atoms with Gasteiger partial charge in [0.25, 0.3) is 11.8 Å². The summed E-state index contributed by atoms with van der Waals surface area (Å²) in [6.45, 7) is 8.87. The van der Waals surface area contributed by atoms with Crippen LogP contribution in [-0.2, 0) is 20.4 Å². The highest BCUT2D eigenvalue weighted by Crippen LogP contribution is 2.30. The number of hydrogen-bond donors (Lipinski definition) is 2. The number of morpholine rings is 1. The van der Waals surface area contributed by atoms with Crippen LogP contribution < -0.4 is 15.5 Å². The second-order valence-corrected chi connectivity index (χ2v) is 11.7. The number of likely N-dealkylation sites (tertiary alicyclic amines) is 1. The molecule has 3 aliphatic heterocycles. The smallest absolute Gasteiger partial charge is 0.378 e. The maximum atomic E-state index is 13.0. The molecule has 2 aromatic carbocycles. The molecule has 2 atom stereocenters. The van der Waals surface area contributed by atoms with Crippen LogP contribution in [0.15, 0.2) is 61.2 Å². The van der Waals surface area contributed by atoms with E-state index in [2.05, 4.69) is 27.0 Å². The molecule has 3 saturated heterocycles. The first kappa shape index (κ1) is 33.4. The lowest BCUT2D eigenvalue weighted by Gasteiger charge is -2.38. The average molecular weight is 644 g/mol. The van der Waals surface area contributed by atoms with Gasteiger partial charge in [0, 0.05) is 62.1 Å². The predicted molar refractivity (Wildman–Crippen MR) is 166 cm³/mol. The van der Waals surface area contributed by atoms with Crippen LogP contribution in [0.4, 0.5) is 18.9 Å². The Balaban J connectivity index is 1.11. The first-order valence-electron chi connectivity index (χ1n) is 15.6. The number of hydrogen-bond acceptors (Lipinski definition) is 7. The Morgan fingerprint density at radius 1 is 0.978 bits per heavy atom.